The summed E-state index contributed by atoms with van der Waals surface area (Å²) < 4.78 is 87.5. The highest BCUT2D eigenvalue weighted by atomic mass is 19.3. The molecule has 216 valence electrons. The van der Waals surface area contributed by atoms with Gasteiger partial charge in [0.15, 0.2) is 0 Å². The molecule has 0 spiro atoms. The zero-order valence-corrected chi connectivity index (χ0v) is 24.0. The third-order valence-corrected chi connectivity index (χ3v) is 9.16. The van der Waals surface area contributed by atoms with E-state index in [1.807, 2.05) is 27.7 Å². The van der Waals surface area contributed by atoms with Crippen LogP contribution in [0.25, 0.3) is 0 Å². The number of rotatable bonds is 15. The van der Waals surface area contributed by atoms with E-state index >= 15 is 8.78 Å². The SMILES string of the molecule is [2H]C([2H])(C)C([2H])([2H])C([2H])(C)C([2H])([2H])C(F)(F)C(=O)C(C)C[C@H]1[C@](C)(O)C(C)C(=O)[C@]1(C)C(C)C(C)C(C)CC(C)CC(=O)O. The summed E-state index contributed by atoms with van der Waals surface area (Å²) in [5, 5.41) is 20.7. The number of carboxylic acids is 1. The van der Waals surface area contributed by atoms with E-state index in [4.69, 9.17) is 14.7 Å². The van der Waals surface area contributed by atoms with Gasteiger partial charge in [-0.1, -0.05) is 75.1 Å². The molecule has 37 heavy (non-hydrogen) atoms. The number of ketones is 2. The number of carbonyl (C=O) groups excluding carboxylic acids is 2. The minimum atomic E-state index is -4.92. The van der Waals surface area contributed by atoms with Gasteiger partial charge in [-0.25, -0.2) is 0 Å². The molecule has 0 heterocycles. The van der Waals surface area contributed by atoms with Gasteiger partial charge in [0, 0.05) is 45.6 Å². The minimum Gasteiger partial charge on any atom is -0.481 e. The minimum absolute atomic E-state index is 0.0287. The standard InChI is InChI=1S/C30H52F2O5/c1-11-12-17(2)16-30(31,32)26(35)20(5)15-24-28(9,27(36)23(8)29(24,10)37)22(7)21(6)19(4)13-18(3)14-25(33)34/h17-24,37H,11-16H2,1-10H3,(H,33,34)/t17?,18?,19?,20?,21?,22?,23?,24-,28-,29-/m1/s1/i11D2,12D2,16D2,17D. The molecule has 10 atom stereocenters. The average molecular weight is 538 g/mol. The maximum absolute atomic E-state index is 15.8. The molecule has 0 bridgehead atoms. The van der Waals surface area contributed by atoms with Gasteiger partial charge in [0.2, 0.25) is 5.78 Å². The third kappa shape index (κ3) is 7.39. The van der Waals surface area contributed by atoms with Crippen molar-refractivity contribution in [3.05, 3.63) is 0 Å². The van der Waals surface area contributed by atoms with Crippen LogP contribution in [0.15, 0.2) is 0 Å². The topological polar surface area (TPSA) is 91.7 Å². The van der Waals surface area contributed by atoms with Crippen LogP contribution in [0.4, 0.5) is 8.78 Å². The van der Waals surface area contributed by atoms with Crippen molar-refractivity contribution in [2.24, 2.45) is 52.7 Å². The van der Waals surface area contributed by atoms with Gasteiger partial charge in [-0.05, 0) is 49.3 Å². The number of halogens is 2. The summed E-state index contributed by atoms with van der Waals surface area (Å²) in [6.07, 6.45) is -10.4. The molecule has 7 heteroatoms. The molecule has 7 unspecified atom stereocenters. The fraction of sp³-hybridized carbons (Fsp3) is 0.900. The quantitative estimate of drug-likeness (QED) is 0.234. The number of Topliss-reactive ketones (excluding diaryl/α,β-unsaturated/α-hetero) is 2. The lowest BCUT2D eigenvalue weighted by Gasteiger charge is -2.44. The maximum atomic E-state index is 15.8. The fourth-order valence-electron chi connectivity index (χ4n) is 6.39. The second kappa shape index (κ2) is 12.7. The summed E-state index contributed by atoms with van der Waals surface area (Å²) in [4.78, 5) is 38.3. The molecular formula is C30H52F2O5. The van der Waals surface area contributed by atoms with Crippen molar-refractivity contribution in [2.75, 3.05) is 0 Å². The highest BCUT2D eigenvalue weighted by Gasteiger charge is 2.64. The van der Waals surface area contributed by atoms with Crippen LogP contribution < -0.4 is 0 Å². The molecule has 0 aromatic heterocycles. The second-order valence-electron chi connectivity index (χ2n) is 11.9. The highest BCUT2D eigenvalue weighted by molar-refractivity contribution is 5.92. The van der Waals surface area contributed by atoms with Crippen LogP contribution in [0.5, 0.6) is 0 Å². The van der Waals surface area contributed by atoms with Gasteiger partial charge in [-0.2, -0.15) is 8.78 Å². The number of carbonyl (C=O) groups is 3. The van der Waals surface area contributed by atoms with Crippen molar-refractivity contribution in [3.8, 4) is 0 Å². The zero-order chi connectivity index (χ0) is 35.4. The lowest BCUT2D eigenvalue weighted by atomic mass is 9.59. The lowest BCUT2D eigenvalue weighted by Crippen LogP contribution is -2.47. The van der Waals surface area contributed by atoms with Crippen LogP contribution in [0.1, 0.15) is 117 Å². The van der Waals surface area contributed by atoms with E-state index in [0.717, 1.165) is 6.92 Å². The van der Waals surface area contributed by atoms with E-state index in [1.54, 1.807) is 6.92 Å². The van der Waals surface area contributed by atoms with Crippen LogP contribution in [-0.2, 0) is 14.4 Å². The van der Waals surface area contributed by atoms with Crippen LogP contribution in [0, 0.1) is 52.7 Å². The first-order valence-corrected chi connectivity index (χ1v) is 13.2. The smallest absolute Gasteiger partial charge is 0.305 e. The second-order valence-corrected chi connectivity index (χ2v) is 11.9. The summed E-state index contributed by atoms with van der Waals surface area (Å²) in [6.45, 7) is 14.4. The molecule has 0 saturated heterocycles. The maximum Gasteiger partial charge on any atom is 0.305 e. The summed E-state index contributed by atoms with van der Waals surface area (Å²) in [5.41, 5.74) is -3.02. The van der Waals surface area contributed by atoms with Gasteiger partial charge >= 0.3 is 11.9 Å². The molecule has 2 N–H and O–H groups in total. The van der Waals surface area contributed by atoms with Gasteiger partial charge < -0.3 is 10.2 Å². The predicted octanol–water partition coefficient (Wildman–Crippen LogP) is 7.04. The summed E-state index contributed by atoms with van der Waals surface area (Å²) in [5.74, 6) is -15.9. The van der Waals surface area contributed by atoms with Crippen molar-refractivity contribution >= 4 is 17.5 Å². The molecule has 0 amide bonds. The van der Waals surface area contributed by atoms with Gasteiger partial charge in [0.05, 0.1) is 5.60 Å². The van der Waals surface area contributed by atoms with Crippen LogP contribution in [-0.4, -0.2) is 39.3 Å². The van der Waals surface area contributed by atoms with Crippen molar-refractivity contribution < 1.29 is 43.0 Å². The van der Waals surface area contributed by atoms with Crippen molar-refractivity contribution in [2.45, 2.75) is 119 Å². The number of carboxylic acid groups (broad SMARTS) is 1. The largest absolute Gasteiger partial charge is 0.481 e. The zero-order valence-electron chi connectivity index (χ0n) is 31.0. The summed E-state index contributed by atoms with van der Waals surface area (Å²) >= 11 is 0. The average Bonchev–Trinajstić information content (AvgIpc) is 2.98. The molecule has 0 aromatic carbocycles. The molecule has 1 saturated carbocycles. The van der Waals surface area contributed by atoms with Crippen molar-refractivity contribution in [3.63, 3.8) is 0 Å². The molecule has 0 radical (unpaired) electrons. The number of hydrogen-bond donors (Lipinski definition) is 2. The van der Waals surface area contributed by atoms with E-state index in [0.29, 0.717) is 20.3 Å². The Morgan fingerprint density at radius 3 is 2.19 bits per heavy atom. The lowest BCUT2D eigenvalue weighted by molar-refractivity contribution is -0.152. The molecule has 1 fully saturated rings. The van der Waals surface area contributed by atoms with Gasteiger partial charge in [0.25, 0.3) is 0 Å². The molecule has 0 aromatic rings. The number of alkyl halides is 2. The molecule has 1 aliphatic rings. The third-order valence-electron chi connectivity index (χ3n) is 9.16. The van der Waals surface area contributed by atoms with E-state index in [9.17, 15) is 19.5 Å². The Bertz CT molecular complexity index is 1090. The van der Waals surface area contributed by atoms with Crippen LogP contribution >= 0.6 is 0 Å². The normalized spacial score (nSPS) is 36.2. The number of aliphatic hydroxyl groups is 1. The van der Waals surface area contributed by atoms with E-state index in [2.05, 4.69) is 0 Å². The first kappa shape index (κ1) is 23.5. The number of aliphatic carboxylic acids is 1. The molecule has 5 nitrogen and oxygen atoms in total. The Hall–Kier alpha value is -1.37. The van der Waals surface area contributed by atoms with Crippen molar-refractivity contribution in [1.29, 1.82) is 0 Å². The first-order valence-electron chi connectivity index (χ1n) is 16.7. The molecule has 0 aliphatic heterocycles. The van der Waals surface area contributed by atoms with Crippen molar-refractivity contribution in [1.82, 2.24) is 0 Å². The fourth-order valence-corrected chi connectivity index (χ4v) is 6.39. The Morgan fingerprint density at radius 2 is 1.70 bits per heavy atom. The molecular weight excluding hydrogens is 478 g/mol. The molecule has 1 rings (SSSR count). The van der Waals surface area contributed by atoms with Crippen LogP contribution in [0.2, 0.25) is 0 Å². The van der Waals surface area contributed by atoms with E-state index in [1.165, 1.54) is 13.8 Å². The Balaban J connectivity index is 3.50. The van der Waals surface area contributed by atoms with E-state index in [-0.39, 0.29) is 30.0 Å². The summed E-state index contributed by atoms with van der Waals surface area (Å²) in [7, 11) is 0. The molecule has 1 aliphatic carbocycles. The van der Waals surface area contributed by atoms with Gasteiger partial charge in [0.1, 0.15) is 5.78 Å². The highest BCUT2D eigenvalue weighted by Crippen LogP contribution is 2.58. The van der Waals surface area contributed by atoms with Gasteiger partial charge in [-0.3, -0.25) is 14.4 Å². The predicted molar refractivity (Wildman–Crippen MR) is 142 cm³/mol. The number of hydrogen-bond acceptors (Lipinski definition) is 4. The Labute approximate surface area is 233 Å². The van der Waals surface area contributed by atoms with Gasteiger partial charge in [-0.15, -0.1) is 0 Å². The monoisotopic (exact) mass is 537 g/mol. The Morgan fingerprint density at radius 1 is 1.16 bits per heavy atom. The Kier molecular flexibility index (Phi) is 8.04. The first-order chi connectivity index (χ1) is 19.3. The summed E-state index contributed by atoms with van der Waals surface area (Å²) in [6, 6.07) is 0. The van der Waals surface area contributed by atoms with Crippen LogP contribution in [0.3, 0.4) is 0 Å². The van der Waals surface area contributed by atoms with E-state index < -0.39 is 83.8 Å².